The fourth-order valence-electron chi connectivity index (χ4n) is 3.94. The molecule has 3 aliphatic rings. The lowest BCUT2D eigenvalue weighted by Crippen LogP contribution is -2.42. The number of fused-ring (bicyclic) bond motifs is 2. The summed E-state index contributed by atoms with van der Waals surface area (Å²) in [6.45, 7) is 0. The van der Waals surface area contributed by atoms with Gasteiger partial charge in [0.2, 0.25) is 0 Å². The SMILES string of the molecule is NC(C1CCC1)C1CC2CCC1C2. The lowest BCUT2D eigenvalue weighted by molar-refractivity contribution is 0.166. The molecule has 4 unspecified atom stereocenters. The standard InChI is InChI=1S/C12H21N/c13-12(9-2-1-3-9)11-7-8-4-5-10(11)6-8/h8-12H,1-7,13H2. The molecule has 2 bridgehead atoms. The van der Waals surface area contributed by atoms with Gasteiger partial charge in [0.15, 0.2) is 0 Å². The molecule has 3 rings (SSSR count). The van der Waals surface area contributed by atoms with E-state index in [1.165, 1.54) is 44.9 Å². The molecule has 0 aromatic carbocycles. The van der Waals surface area contributed by atoms with Crippen molar-refractivity contribution in [3.63, 3.8) is 0 Å². The van der Waals surface area contributed by atoms with E-state index in [1.54, 1.807) is 0 Å². The Kier molecular flexibility index (Phi) is 1.90. The van der Waals surface area contributed by atoms with Gasteiger partial charge in [0.1, 0.15) is 0 Å². The fraction of sp³-hybridized carbons (Fsp3) is 1.00. The van der Waals surface area contributed by atoms with E-state index in [9.17, 15) is 0 Å². The van der Waals surface area contributed by atoms with Gasteiger partial charge in [0.25, 0.3) is 0 Å². The van der Waals surface area contributed by atoms with Crippen molar-refractivity contribution in [3.8, 4) is 0 Å². The second-order valence-corrected chi connectivity index (χ2v) is 5.61. The Bertz CT molecular complexity index is 197. The van der Waals surface area contributed by atoms with Crippen LogP contribution >= 0.6 is 0 Å². The minimum Gasteiger partial charge on any atom is -0.327 e. The van der Waals surface area contributed by atoms with Gasteiger partial charge < -0.3 is 5.73 Å². The van der Waals surface area contributed by atoms with Gasteiger partial charge >= 0.3 is 0 Å². The van der Waals surface area contributed by atoms with Crippen LogP contribution in [0.4, 0.5) is 0 Å². The van der Waals surface area contributed by atoms with Crippen LogP contribution < -0.4 is 5.73 Å². The fourth-order valence-corrected chi connectivity index (χ4v) is 3.94. The van der Waals surface area contributed by atoms with Crippen molar-refractivity contribution in [2.75, 3.05) is 0 Å². The smallest absolute Gasteiger partial charge is 0.00983 e. The van der Waals surface area contributed by atoms with Crippen LogP contribution in [0.3, 0.4) is 0 Å². The van der Waals surface area contributed by atoms with Gasteiger partial charge in [0, 0.05) is 6.04 Å². The Morgan fingerprint density at radius 3 is 2.31 bits per heavy atom. The number of hydrogen-bond acceptors (Lipinski definition) is 1. The lowest BCUT2D eigenvalue weighted by atomic mass is 9.71. The summed E-state index contributed by atoms with van der Waals surface area (Å²) in [5.41, 5.74) is 6.37. The zero-order valence-electron chi connectivity index (χ0n) is 8.41. The molecule has 2 N–H and O–H groups in total. The second-order valence-electron chi connectivity index (χ2n) is 5.61. The molecule has 74 valence electrons. The highest BCUT2D eigenvalue weighted by atomic mass is 14.7. The summed E-state index contributed by atoms with van der Waals surface area (Å²) in [7, 11) is 0. The average molecular weight is 179 g/mol. The third kappa shape index (κ3) is 1.24. The van der Waals surface area contributed by atoms with Gasteiger partial charge in [-0.1, -0.05) is 12.8 Å². The Hall–Kier alpha value is -0.0400. The summed E-state index contributed by atoms with van der Waals surface area (Å²) in [5, 5.41) is 0. The molecule has 0 heterocycles. The molecule has 0 radical (unpaired) electrons. The first kappa shape index (κ1) is 8.28. The first-order valence-electron chi connectivity index (χ1n) is 6.10. The maximum Gasteiger partial charge on any atom is 0.00983 e. The Balaban J connectivity index is 1.65. The van der Waals surface area contributed by atoms with E-state index in [4.69, 9.17) is 5.73 Å². The first-order valence-corrected chi connectivity index (χ1v) is 6.10. The highest BCUT2D eigenvalue weighted by molar-refractivity contribution is 4.97. The second kappa shape index (κ2) is 2.98. The topological polar surface area (TPSA) is 26.0 Å². The van der Waals surface area contributed by atoms with Gasteiger partial charge in [0.05, 0.1) is 0 Å². The Morgan fingerprint density at radius 1 is 1.00 bits per heavy atom. The molecular weight excluding hydrogens is 158 g/mol. The monoisotopic (exact) mass is 179 g/mol. The molecule has 0 aromatic rings. The number of nitrogens with two attached hydrogens (primary N) is 1. The molecule has 0 spiro atoms. The summed E-state index contributed by atoms with van der Waals surface area (Å²) < 4.78 is 0. The molecule has 3 fully saturated rings. The van der Waals surface area contributed by atoms with E-state index in [1.807, 2.05) is 0 Å². The highest BCUT2D eigenvalue weighted by Crippen LogP contribution is 2.51. The van der Waals surface area contributed by atoms with Crippen molar-refractivity contribution in [1.29, 1.82) is 0 Å². The van der Waals surface area contributed by atoms with Crippen molar-refractivity contribution in [2.45, 2.75) is 51.0 Å². The lowest BCUT2D eigenvalue weighted by Gasteiger charge is -2.38. The molecule has 3 aliphatic carbocycles. The maximum atomic E-state index is 6.37. The van der Waals surface area contributed by atoms with Crippen LogP contribution in [0.15, 0.2) is 0 Å². The quantitative estimate of drug-likeness (QED) is 0.692. The van der Waals surface area contributed by atoms with E-state index >= 15 is 0 Å². The number of hydrogen-bond donors (Lipinski definition) is 1. The van der Waals surface area contributed by atoms with Crippen LogP contribution in [0.25, 0.3) is 0 Å². The van der Waals surface area contributed by atoms with E-state index in [0.717, 1.165) is 23.7 Å². The average Bonchev–Trinajstić information content (AvgIpc) is 2.59. The minimum atomic E-state index is 0.573. The van der Waals surface area contributed by atoms with E-state index < -0.39 is 0 Å². The third-order valence-corrected chi connectivity index (χ3v) is 4.98. The minimum absolute atomic E-state index is 0.573. The van der Waals surface area contributed by atoms with Crippen LogP contribution in [0.1, 0.15) is 44.9 Å². The zero-order valence-corrected chi connectivity index (χ0v) is 8.41. The highest BCUT2D eigenvalue weighted by Gasteiger charge is 2.44. The van der Waals surface area contributed by atoms with Gasteiger partial charge in [-0.2, -0.15) is 0 Å². The molecule has 0 amide bonds. The largest absolute Gasteiger partial charge is 0.327 e. The summed E-state index contributed by atoms with van der Waals surface area (Å²) in [5.74, 6) is 3.93. The molecule has 1 heteroatoms. The predicted molar refractivity (Wildman–Crippen MR) is 54.3 cm³/mol. The van der Waals surface area contributed by atoms with E-state index in [0.29, 0.717) is 6.04 Å². The van der Waals surface area contributed by atoms with Crippen LogP contribution in [-0.2, 0) is 0 Å². The van der Waals surface area contributed by atoms with Crippen LogP contribution in [0.5, 0.6) is 0 Å². The molecule has 0 saturated heterocycles. The summed E-state index contributed by atoms with van der Waals surface area (Å²) in [6, 6.07) is 0.573. The molecule has 0 aliphatic heterocycles. The van der Waals surface area contributed by atoms with Crippen molar-refractivity contribution in [1.82, 2.24) is 0 Å². The molecule has 0 aromatic heterocycles. The predicted octanol–water partition coefficient (Wildman–Crippen LogP) is 2.55. The summed E-state index contributed by atoms with van der Waals surface area (Å²) in [4.78, 5) is 0. The van der Waals surface area contributed by atoms with E-state index in [2.05, 4.69) is 0 Å². The number of rotatable bonds is 2. The van der Waals surface area contributed by atoms with Crippen LogP contribution in [-0.4, -0.2) is 6.04 Å². The van der Waals surface area contributed by atoms with Gasteiger partial charge in [-0.3, -0.25) is 0 Å². The molecular formula is C12H21N. The van der Waals surface area contributed by atoms with Crippen molar-refractivity contribution < 1.29 is 0 Å². The van der Waals surface area contributed by atoms with Crippen LogP contribution in [0, 0.1) is 23.7 Å². The third-order valence-electron chi connectivity index (χ3n) is 4.98. The van der Waals surface area contributed by atoms with Crippen molar-refractivity contribution in [2.24, 2.45) is 29.4 Å². The van der Waals surface area contributed by atoms with Gasteiger partial charge in [-0.15, -0.1) is 0 Å². The van der Waals surface area contributed by atoms with Crippen molar-refractivity contribution >= 4 is 0 Å². The van der Waals surface area contributed by atoms with Gasteiger partial charge in [-0.05, 0) is 55.8 Å². The Morgan fingerprint density at radius 2 is 1.85 bits per heavy atom. The van der Waals surface area contributed by atoms with E-state index in [-0.39, 0.29) is 0 Å². The molecule has 13 heavy (non-hydrogen) atoms. The maximum absolute atomic E-state index is 6.37. The normalized spacial score (nSPS) is 46.4. The zero-order chi connectivity index (χ0) is 8.84. The van der Waals surface area contributed by atoms with Crippen molar-refractivity contribution in [3.05, 3.63) is 0 Å². The molecule has 3 saturated carbocycles. The van der Waals surface area contributed by atoms with Gasteiger partial charge in [-0.25, -0.2) is 0 Å². The summed E-state index contributed by atoms with van der Waals surface area (Å²) >= 11 is 0. The first-order chi connectivity index (χ1) is 6.34. The Labute approximate surface area is 81.1 Å². The molecule has 1 nitrogen and oxygen atoms in total. The summed E-state index contributed by atoms with van der Waals surface area (Å²) in [6.07, 6.45) is 10.3. The van der Waals surface area contributed by atoms with Crippen LogP contribution in [0.2, 0.25) is 0 Å². The molecule has 4 atom stereocenters.